The molecule has 4 aliphatic carbocycles. The summed E-state index contributed by atoms with van der Waals surface area (Å²) in [5.74, 6) is 2.08. The molecular formula is C10H20ClNO2. The summed E-state index contributed by atoms with van der Waals surface area (Å²) in [5.41, 5.74) is 5.82. The van der Waals surface area contributed by atoms with Crippen LogP contribution in [0.4, 0.5) is 0 Å². The van der Waals surface area contributed by atoms with Gasteiger partial charge in [-0.3, -0.25) is 0 Å². The monoisotopic (exact) mass is 221 g/mol. The van der Waals surface area contributed by atoms with Crippen molar-refractivity contribution in [1.29, 1.82) is 0 Å². The van der Waals surface area contributed by atoms with Gasteiger partial charge in [-0.15, -0.1) is 12.4 Å². The van der Waals surface area contributed by atoms with Crippen LogP contribution in [0.2, 0.25) is 0 Å². The largest absolute Gasteiger partial charge is 0.412 e. The van der Waals surface area contributed by atoms with Crippen molar-refractivity contribution in [1.82, 2.24) is 0 Å². The van der Waals surface area contributed by atoms with Crippen molar-refractivity contribution in [2.24, 2.45) is 23.5 Å². The molecule has 0 amide bonds. The minimum atomic E-state index is -0.299. The lowest BCUT2D eigenvalue weighted by Gasteiger charge is -2.57. The first-order chi connectivity index (χ1) is 5.66. The zero-order valence-corrected chi connectivity index (χ0v) is 9.09. The topological polar surface area (TPSA) is 77.8 Å². The normalized spacial score (nSPS) is 53.6. The van der Waals surface area contributed by atoms with Crippen LogP contribution in [0.1, 0.15) is 32.1 Å². The van der Waals surface area contributed by atoms with Crippen LogP contribution >= 0.6 is 12.4 Å². The molecule has 2 unspecified atom stereocenters. The standard InChI is InChI=1S/C10H17NO.ClH.H2O/c11-9-7-1-6-2-8(9)5-10(12,3-6)4-7;;/h6-9,12H,1-5,11H2;1H;1H2. The van der Waals surface area contributed by atoms with E-state index in [2.05, 4.69) is 0 Å². The average Bonchev–Trinajstić information content (AvgIpc) is 1.96. The molecule has 4 bridgehead atoms. The number of nitrogens with two attached hydrogens (primary N) is 1. The maximum atomic E-state index is 10.2. The average molecular weight is 222 g/mol. The summed E-state index contributed by atoms with van der Waals surface area (Å²) in [6.45, 7) is 0. The van der Waals surface area contributed by atoms with E-state index in [-0.39, 0.29) is 23.5 Å². The van der Waals surface area contributed by atoms with Crippen LogP contribution in [-0.4, -0.2) is 22.2 Å². The molecule has 84 valence electrons. The maximum absolute atomic E-state index is 10.2. The first-order valence-corrected chi connectivity index (χ1v) is 5.14. The number of hydrogen-bond donors (Lipinski definition) is 2. The smallest absolute Gasteiger partial charge is 0.0657 e. The van der Waals surface area contributed by atoms with Gasteiger partial charge in [-0.25, -0.2) is 0 Å². The van der Waals surface area contributed by atoms with Gasteiger partial charge in [-0.2, -0.15) is 0 Å². The third kappa shape index (κ3) is 1.56. The van der Waals surface area contributed by atoms with Crippen molar-refractivity contribution in [2.75, 3.05) is 0 Å². The van der Waals surface area contributed by atoms with Crippen LogP contribution in [0.15, 0.2) is 0 Å². The molecule has 5 N–H and O–H groups in total. The van der Waals surface area contributed by atoms with Gasteiger partial charge < -0.3 is 16.3 Å². The molecule has 0 aromatic heterocycles. The van der Waals surface area contributed by atoms with E-state index in [1.54, 1.807) is 0 Å². The highest BCUT2D eigenvalue weighted by Crippen LogP contribution is 2.54. The molecule has 0 spiro atoms. The molecule has 3 nitrogen and oxygen atoms in total. The van der Waals surface area contributed by atoms with E-state index in [9.17, 15) is 5.11 Å². The molecule has 0 aromatic rings. The van der Waals surface area contributed by atoms with E-state index in [4.69, 9.17) is 5.73 Å². The minimum Gasteiger partial charge on any atom is -0.412 e. The van der Waals surface area contributed by atoms with Crippen LogP contribution < -0.4 is 5.73 Å². The van der Waals surface area contributed by atoms with E-state index in [0.717, 1.165) is 25.2 Å². The highest BCUT2D eigenvalue weighted by molar-refractivity contribution is 5.85. The fraction of sp³-hybridized carbons (Fsp3) is 1.00. The van der Waals surface area contributed by atoms with Gasteiger partial charge in [-0.1, -0.05) is 0 Å². The molecule has 4 fully saturated rings. The molecule has 2 atom stereocenters. The van der Waals surface area contributed by atoms with Crippen molar-refractivity contribution in [2.45, 2.75) is 43.7 Å². The van der Waals surface area contributed by atoms with E-state index < -0.39 is 0 Å². The van der Waals surface area contributed by atoms with Crippen LogP contribution in [0.25, 0.3) is 0 Å². The highest BCUT2D eigenvalue weighted by atomic mass is 35.5. The SMILES string of the molecule is Cl.NC1C2CC3CC1CC(O)(C3)C2.O. The van der Waals surface area contributed by atoms with Crippen molar-refractivity contribution >= 4 is 12.4 Å². The van der Waals surface area contributed by atoms with Gasteiger partial charge in [0.25, 0.3) is 0 Å². The minimum absolute atomic E-state index is 0. The van der Waals surface area contributed by atoms with E-state index >= 15 is 0 Å². The third-order valence-corrected chi connectivity index (χ3v) is 4.31. The van der Waals surface area contributed by atoms with Gasteiger partial charge in [0.05, 0.1) is 5.60 Å². The number of aliphatic hydroxyl groups is 1. The summed E-state index contributed by atoms with van der Waals surface area (Å²) in [7, 11) is 0. The summed E-state index contributed by atoms with van der Waals surface area (Å²) in [6, 6.07) is 0.404. The molecule has 4 rings (SSSR count). The Hall–Kier alpha value is 0.170. The lowest BCUT2D eigenvalue weighted by Crippen LogP contribution is -2.59. The van der Waals surface area contributed by atoms with Crippen LogP contribution in [0, 0.1) is 17.8 Å². The first kappa shape index (κ1) is 12.2. The number of rotatable bonds is 0. The van der Waals surface area contributed by atoms with Crippen molar-refractivity contribution < 1.29 is 10.6 Å². The molecule has 4 aliphatic rings. The first-order valence-electron chi connectivity index (χ1n) is 5.14. The summed E-state index contributed by atoms with van der Waals surface area (Å²) < 4.78 is 0. The van der Waals surface area contributed by atoms with Gasteiger partial charge in [-0.05, 0) is 49.9 Å². The Balaban J connectivity index is 0.000000490. The molecule has 4 saturated carbocycles. The lowest BCUT2D eigenvalue weighted by molar-refractivity contribution is -0.132. The van der Waals surface area contributed by atoms with Gasteiger partial charge in [0.1, 0.15) is 0 Å². The summed E-state index contributed by atoms with van der Waals surface area (Å²) in [6.07, 6.45) is 5.62. The number of hydrogen-bond acceptors (Lipinski definition) is 2. The predicted molar refractivity (Wildman–Crippen MR) is 57.3 cm³/mol. The number of halogens is 1. The Bertz CT molecular complexity index is 208. The van der Waals surface area contributed by atoms with Crippen LogP contribution in [0.3, 0.4) is 0 Å². The third-order valence-electron chi connectivity index (χ3n) is 4.31. The molecule has 0 aliphatic heterocycles. The van der Waals surface area contributed by atoms with Gasteiger partial charge in [0, 0.05) is 6.04 Å². The maximum Gasteiger partial charge on any atom is 0.0657 e. The Morgan fingerprint density at radius 3 is 2.00 bits per heavy atom. The highest BCUT2D eigenvalue weighted by Gasteiger charge is 2.53. The van der Waals surface area contributed by atoms with E-state index in [1.165, 1.54) is 12.8 Å². The molecular weight excluding hydrogens is 202 g/mol. The Morgan fingerprint density at radius 1 is 1.07 bits per heavy atom. The second-order valence-electron chi connectivity index (χ2n) is 5.27. The van der Waals surface area contributed by atoms with E-state index in [0.29, 0.717) is 17.9 Å². The zero-order valence-electron chi connectivity index (χ0n) is 8.28. The molecule has 4 heteroatoms. The van der Waals surface area contributed by atoms with Crippen LogP contribution in [0.5, 0.6) is 0 Å². The second kappa shape index (κ2) is 3.63. The zero-order chi connectivity index (χ0) is 8.34. The predicted octanol–water partition coefficient (Wildman–Crippen LogP) is 0.482. The van der Waals surface area contributed by atoms with Crippen LogP contribution in [-0.2, 0) is 0 Å². The fourth-order valence-electron chi connectivity index (χ4n) is 4.02. The Labute approximate surface area is 90.8 Å². The van der Waals surface area contributed by atoms with Gasteiger partial charge in [0.2, 0.25) is 0 Å². The molecule has 0 saturated heterocycles. The summed E-state index contributed by atoms with van der Waals surface area (Å²) >= 11 is 0. The van der Waals surface area contributed by atoms with Crippen molar-refractivity contribution in [3.05, 3.63) is 0 Å². The molecule has 0 heterocycles. The Morgan fingerprint density at radius 2 is 1.57 bits per heavy atom. The molecule has 0 aromatic carbocycles. The summed E-state index contributed by atoms with van der Waals surface area (Å²) in [4.78, 5) is 0. The molecule has 14 heavy (non-hydrogen) atoms. The fourth-order valence-corrected chi connectivity index (χ4v) is 4.02. The van der Waals surface area contributed by atoms with Crippen molar-refractivity contribution in [3.8, 4) is 0 Å². The second-order valence-corrected chi connectivity index (χ2v) is 5.27. The van der Waals surface area contributed by atoms with Gasteiger partial charge >= 0.3 is 0 Å². The summed E-state index contributed by atoms with van der Waals surface area (Å²) in [5, 5.41) is 10.2. The Kier molecular flexibility index (Phi) is 3.18. The van der Waals surface area contributed by atoms with Gasteiger partial charge in [0.15, 0.2) is 0 Å². The molecule has 0 radical (unpaired) electrons. The quantitative estimate of drug-likeness (QED) is 0.624. The van der Waals surface area contributed by atoms with Crippen molar-refractivity contribution in [3.63, 3.8) is 0 Å². The lowest BCUT2D eigenvalue weighted by atomic mass is 9.52. The van der Waals surface area contributed by atoms with E-state index in [1.807, 2.05) is 0 Å².